The number of hydrogen-bond acceptors (Lipinski definition) is 3. The van der Waals surface area contributed by atoms with Gasteiger partial charge >= 0.3 is 0 Å². The van der Waals surface area contributed by atoms with E-state index in [9.17, 15) is 0 Å². The molecule has 1 rings (SSSR count). The maximum atomic E-state index is 3.57. The van der Waals surface area contributed by atoms with E-state index < -0.39 is 0 Å². The first kappa shape index (κ1) is 11.1. The van der Waals surface area contributed by atoms with Gasteiger partial charge in [0.1, 0.15) is 0 Å². The van der Waals surface area contributed by atoms with Crippen LogP contribution in [0.25, 0.3) is 0 Å². The predicted octanol–water partition coefficient (Wildman–Crippen LogP) is 3.15. The lowest BCUT2D eigenvalue weighted by Crippen LogP contribution is -2.30. The number of rotatable bonds is 5. The van der Waals surface area contributed by atoms with Crippen molar-refractivity contribution in [1.82, 2.24) is 5.32 Å². The smallest absolute Gasteiger partial charge is 0.0302 e. The zero-order valence-electron chi connectivity index (χ0n) is 8.41. The van der Waals surface area contributed by atoms with Crippen LogP contribution in [0.3, 0.4) is 0 Å². The van der Waals surface area contributed by atoms with E-state index in [1.807, 2.05) is 11.8 Å². The maximum absolute atomic E-state index is 3.57. The van der Waals surface area contributed by atoms with Crippen LogP contribution in [0.2, 0.25) is 0 Å². The Morgan fingerprint density at radius 1 is 1.54 bits per heavy atom. The quantitative estimate of drug-likeness (QED) is 0.810. The van der Waals surface area contributed by atoms with Crippen molar-refractivity contribution < 1.29 is 0 Å². The van der Waals surface area contributed by atoms with Gasteiger partial charge in [0.25, 0.3) is 0 Å². The van der Waals surface area contributed by atoms with Crippen LogP contribution >= 0.6 is 23.1 Å². The summed E-state index contributed by atoms with van der Waals surface area (Å²) in [4.78, 5) is 0. The Morgan fingerprint density at radius 2 is 2.31 bits per heavy atom. The van der Waals surface area contributed by atoms with E-state index in [4.69, 9.17) is 0 Å². The highest BCUT2D eigenvalue weighted by Gasteiger charge is 2.08. The van der Waals surface area contributed by atoms with E-state index >= 15 is 0 Å². The Bertz CT molecular complexity index is 221. The third kappa shape index (κ3) is 3.71. The number of thiophene rings is 1. The Morgan fingerprint density at radius 3 is 2.85 bits per heavy atom. The first-order valence-electron chi connectivity index (χ1n) is 4.51. The van der Waals surface area contributed by atoms with Gasteiger partial charge in [0, 0.05) is 17.8 Å². The highest BCUT2D eigenvalue weighted by molar-refractivity contribution is 7.98. The van der Waals surface area contributed by atoms with Crippen molar-refractivity contribution in [1.29, 1.82) is 0 Å². The molecule has 0 aromatic carbocycles. The van der Waals surface area contributed by atoms with E-state index in [0.29, 0.717) is 12.1 Å². The molecule has 1 nitrogen and oxygen atoms in total. The van der Waals surface area contributed by atoms with Crippen LogP contribution in [0, 0.1) is 0 Å². The first-order chi connectivity index (χ1) is 6.24. The number of hydrogen-bond donors (Lipinski definition) is 1. The van der Waals surface area contributed by atoms with Crippen molar-refractivity contribution in [3.8, 4) is 0 Å². The molecule has 1 aromatic rings. The summed E-state index contributed by atoms with van der Waals surface area (Å²) in [5, 5.41) is 7.91. The monoisotopic (exact) mass is 215 g/mol. The van der Waals surface area contributed by atoms with Crippen molar-refractivity contribution >= 4 is 23.1 Å². The van der Waals surface area contributed by atoms with Crippen LogP contribution in [0.1, 0.15) is 25.5 Å². The number of nitrogens with one attached hydrogen (secondary N) is 1. The van der Waals surface area contributed by atoms with Gasteiger partial charge in [-0.3, -0.25) is 0 Å². The van der Waals surface area contributed by atoms with Gasteiger partial charge in [-0.15, -0.1) is 0 Å². The molecule has 0 amide bonds. The molecule has 0 aliphatic heterocycles. The molecule has 0 saturated heterocycles. The Hall–Kier alpha value is 0.01000. The minimum absolute atomic E-state index is 0.480. The summed E-state index contributed by atoms with van der Waals surface area (Å²) in [7, 11) is 0. The summed E-state index contributed by atoms with van der Waals surface area (Å²) in [5.74, 6) is 1.18. The molecular weight excluding hydrogens is 198 g/mol. The molecule has 2 atom stereocenters. The molecule has 1 N–H and O–H groups in total. The van der Waals surface area contributed by atoms with Gasteiger partial charge in [0.15, 0.2) is 0 Å². The van der Waals surface area contributed by atoms with Crippen LogP contribution in [0.5, 0.6) is 0 Å². The van der Waals surface area contributed by atoms with Crippen LogP contribution in [-0.2, 0) is 0 Å². The van der Waals surface area contributed by atoms with Gasteiger partial charge in [-0.1, -0.05) is 0 Å². The van der Waals surface area contributed by atoms with Crippen molar-refractivity contribution in [2.24, 2.45) is 0 Å². The minimum Gasteiger partial charge on any atom is -0.307 e. The average Bonchev–Trinajstić information content (AvgIpc) is 2.55. The van der Waals surface area contributed by atoms with Gasteiger partial charge in [-0.2, -0.15) is 23.1 Å². The second kappa shape index (κ2) is 5.68. The van der Waals surface area contributed by atoms with E-state index in [1.165, 1.54) is 11.3 Å². The molecule has 0 radical (unpaired) electrons. The summed E-state index contributed by atoms with van der Waals surface area (Å²) in [6, 6.07) is 3.26. The highest BCUT2D eigenvalue weighted by Crippen LogP contribution is 2.16. The molecule has 0 saturated carbocycles. The molecule has 0 spiro atoms. The average molecular weight is 215 g/mol. The zero-order chi connectivity index (χ0) is 9.68. The molecule has 3 heteroatoms. The van der Waals surface area contributed by atoms with Gasteiger partial charge in [0.2, 0.25) is 0 Å². The van der Waals surface area contributed by atoms with Crippen LogP contribution in [-0.4, -0.2) is 18.1 Å². The molecule has 0 bridgehead atoms. The molecule has 1 aromatic heterocycles. The molecule has 0 aliphatic rings. The van der Waals surface area contributed by atoms with Crippen molar-refractivity contribution in [3.05, 3.63) is 22.4 Å². The fourth-order valence-electron chi connectivity index (χ4n) is 1.34. The molecule has 1 heterocycles. The molecule has 0 aliphatic carbocycles. The molecule has 2 unspecified atom stereocenters. The van der Waals surface area contributed by atoms with Gasteiger partial charge in [-0.05, 0) is 42.5 Å². The summed E-state index contributed by atoms with van der Waals surface area (Å²) in [6.45, 7) is 4.46. The Kier molecular flexibility index (Phi) is 4.84. The molecule has 74 valence electrons. The fraction of sp³-hybridized carbons (Fsp3) is 0.600. The lowest BCUT2D eigenvalue weighted by molar-refractivity contribution is 0.512. The lowest BCUT2D eigenvalue weighted by Gasteiger charge is -2.18. The second-order valence-electron chi connectivity index (χ2n) is 3.30. The van der Waals surface area contributed by atoms with Gasteiger partial charge in [-0.25, -0.2) is 0 Å². The molecular formula is C10H17NS2. The SMILES string of the molecule is CSCC(C)NC(C)c1ccsc1. The standard InChI is InChI=1S/C10H17NS2/c1-8(6-12-3)11-9(2)10-4-5-13-7-10/h4-5,7-9,11H,6H2,1-3H3. The van der Waals surface area contributed by atoms with Crippen LogP contribution in [0.4, 0.5) is 0 Å². The Balaban J connectivity index is 2.37. The minimum atomic E-state index is 0.480. The highest BCUT2D eigenvalue weighted by atomic mass is 32.2. The van der Waals surface area contributed by atoms with Crippen molar-refractivity contribution in [2.75, 3.05) is 12.0 Å². The van der Waals surface area contributed by atoms with Crippen LogP contribution in [0.15, 0.2) is 16.8 Å². The number of thioether (sulfide) groups is 1. The molecule has 0 fully saturated rings. The van der Waals surface area contributed by atoms with Gasteiger partial charge in [0.05, 0.1) is 0 Å². The largest absolute Gasteiger partial charge is 0.307 e. The third-order valence-corrected chi connectivity index (χ3v) is 3.53. The van der Waals surface area contributed by atoms with E-state index in [-0.39, 0.29) is 0 Å². The lowest BCUT2D eigenvalue weighted by atomic mass is 10.1. The summed E-state index contributed by atoms with van der Waals surface area (Å²) >= 11 is 3.65. The predicted molar refractivity (Wildman–Crippen MR) is 63.7 cm³/mol. The topological polar surface area (TPSA) is 12.0 Å². The normalized spacial score (nSPS) is 15.6. The first-order valence-corrected chi connectivity index (χ1v) is 6.84. The van der Waals surface area contributed by atoms with Gasteiger partial charge < -0.3 is 5.32 Å². The Labute approximate surface area is 88.9 Å². The maximum Gasteiger partial charge on any atom is 0.0302 e. The summed E-state index contributed by atoms with van der Waals surface area (Å²) in [5.41, 5.74) is 1.40. The van der Waals surface area contributed by atoms with Crippen molar-refractivity contribution in [2.45, 2.75) is 25.9 Å². The fourth-order valence-corrected chi connectivity index (χ4v) is 2.69. The third-order valence-electron chi connectivity index (χ3n) is 1.99. The second-order valence-corrected chi connectivity index (χ2v) is 4.99. The summed E-state index contributed by atoms with van der Waals surface area (Å²) in [6.07, 6.45) is 2.15. The van der Waals surface area contributed by atoms with Crippen LogP contribution < -0.4 is 5.32 Å². The van der Waals surface area contributed by atoms with E-state index in [2.05, 4.69) is 42.2 Å². The van der Waals surface area contributed by atoms with Crippen molar-refractivity contribution in [3.63, 3.8) is 0 Å². The van der Waals surface area contributed by atoms with E-state index in [0.717, 1.165) is 0 Å². The summed E-state index contributed by atoms with van der Waals surface area (Å²) < 4.78 is 0. The molecule has 13 heavy (non-hydrogen) atoms. The van der Waals surface area contributed by atoms with E-state index in [1.54, 1.807) is 11.3 Å². The zero-order valence-corrected chi connectivity index (χ0v) is 10.0.